The molecule has 0 aliphatic heterocycles. The van der Waals surface area contributed by atoms with Gasteiger partial charge in [0.25, 0.3) is 10.0 Å². The SMILES string of the molecule is CCOC(=O)c1ccc(C)c(N(C)S(=O)(=O)c2ccc(OC)c(C)c2)c1. The van der Waals surface area contributed by atoms with Crippen LogP contribution in [0.15, 0.2) is 41.3 Å². The summed E-state index contributed by atoms with van der Waals surface area (Å²) in [6.45, 7) is 5.54. The van der Waals surface area contributed by atoms with E-state index >= 15 is 0 Å². The molecule has 0 amide bonds. The third-order valence-electron chi connectivity index (χ3n) is 4.08. The lowest BCUT2D eigenvalue weighted by molar-refractivity contribution is 0.0526. The average Bonchev–Trinajstić information content (AvgIpc) is 2.61. The molecule has 2 aromatic carbocycles. The quantitative estimate of drug-likeness (QED) is 0.722. The maximum absolute atomic E-state index is 13.0. The highest BCUT2D eigenvalue weighted by Crippen LogP contribution is 2.29. The number of esters is 1. The Balaban J connectivity index is 2.46. The van der Waals surface area contributed by atoms with Crippen molar-refractivity contribution in [3.05, 3.63) is 53.1 Å². The molecule has 140 valence electrons. The molecule has 0 aliphatic carbocycles. The molecule has 0 saturated carbocycles. The summed E-state index contributed by atoms with van der Waals surface area (Å²) < 4.78 is 37.4. The van der Waals surface area contributed by atoms with E-state index < -0.39 is 16.0 Å². The molecule has 2 aromatic rings. The third-order valence-corrected chi connectivity index (χ3v) is 5.85. The number of sulfonamides is 1. The molecule has 6 nitrogen and oxygen atoms in total. The molecule has 0 N–H and O–H groups in total. The van der Waals surface area contributed by atoms with E-state index in [1.165, 1.54) is 30.6 Å². The minimum absolute atomic E-state index is 0.152. The van der Waals surface area contributed by atoms with Crippen LogP contribution in [0.2, 0.25) is 0 Å². The van der Waals surface area contributed by atoms with E-state index in [1.54, 1.807) is 45.0 Å². The van der Waals surface area contributed by atoms with Gasteiger partial charge < -0.3 is 9.47 Å². The van der Waals surface area contributed by atoms with E-state index in [0.29, 0.717) is 17.0 Å². The molecule has 2 rings (SSSR count). The van der Waals surface area contributed by atoms with Crippen LogP contribution in [-0.2, 0) is 14.8 Å². The molecule has 7 heteroatoms. The Morgan fingerprint density at radius 1 is 1.08 bits per heavy atom. The Labute approximate surface area is 154 Å². The summed E-state index contributed by atoms with van der Waals surface area (Å²) in [5, 5.41) is 0. The van der Waals surface area contributed by atoms with Crippen molar-refractivity contribution < 1.29 is 22.7 Å². The van der Waals surface area contributed by atoms with E-state index in [9.17, 15) is 13.2 Å². The number of benzene rings is 2. The lowest BCUT2D eigenvalue weighted by Gasteiger charge is -2.22. The van der Waals surface area contributed by atoms with Crippen molar-refractivity contribution in [2.24, 2.45) is 0 Å². The van der Waals surface area contributed by atoms with Crippen LogP contribution in [0.25, 0.3) is 0 Å². The minimum Gasteiger partial charge on any atom is -0.496 e. The molecule has 26 heavy (non-hydrogen) atoms. The van der Waals surface area contributed by atoms with Crippen molar-refractivity contribution in [3.63, 3.8) is 0 Å². The lowest BCUT2D eigenvalue weighted by atomic mass is 10.1. The maximum atomic E-state index is 13.0. The number of hydrogen-bond acceptors (Lipinski definition) is 5. The first-order valence-electron chi connectivity index (χ1n) is 8.13. The van der Waals surface area contributed by atoms with Crippen molar-refractivity contribution in [1.82, 2.24) is 0 Å². The van der Waals surface area contributed by atoms with Crippen molar-refractivity contribution >= 4 is 21.7 Å². The molecular formula is C19H23NO5S. The van der Waals surface area contributed by atoms with Gasteiger partial charge in [-0.25, -0.2) is 13.2 Å². The fourth-order valence-corrected chi connectivity index (χ4v) is 3.93. The van der Waals surface area contributed by atoms with Gasteiger partial charge in [0, 0.05) is 7.05 Å². The second-order valence-corrected chi connectivity index (χ2v) is 7.79. The molecule has 0 aromatic heterocycles. The Morgan fingerprint density at radius 2 is 1.77 bits per heavy atom. The van der Waals surface area contributed by atoms with Crippen LogP contribution in [0.3, 0.4) is 0 Å². The first-order chi connectivity index (χ1) is 12.2. The summed E-state index contributed by atoms with van der Waals surface area (Å²) in [6.07, 6.45) is 0. The molecule has 0 saturated heterocycles. The highest BCUT2D eigenvalue weighted by Gasteiger charge is 2.24. The largest absolute Gasteiger partial charge is 0.496 e. The van der Waals surface area contributed by atoms with Gasteiger partial charge in [-0.05, 0) is 62.2 Å². The van der Waals surface area contributed by atoms with Gasteiger partial charge in [0.1, 0.15) is 5.75 Å². The van der Waals surface area contributed by atoms with Gasteiger partial charge in [-0.2, -0.15) is 0 Å². The van der Waals surface area contributed by atoms with E-state index in [-0.39, 0.29) is 11.5 Å². The number of anilines is 1. The zero-order valence-corrected chi connectivity index (χ0v) is 16.4. The third kappa shape index (κ3) is 3.83. The standard InChI is InChI=1S/C19H23NO5S/c1-6-25-19(21)15-8-7-13(2)17(12-15)20(4)26(22,23)16-9-10-18(24-5)14(3)11-16/h7-12H,6H2,1-5H3. The maximum Gasteiger partial charge on any atom is 0.338 e. The van der Waals surface area contributed by atoms with E-state index in [1.807, 2.05) is 0 Å². The zero-order chi connectivity index (χ0) is 19.5. The van der Waals surface area contributed by atoms with Crippen molar-refractivity contribution in [2.45, 2.75) is 25.7 Å². The van der Waals surface area contributed by atoms with Crippen LogP contribution in [-0.4, -0.2) is 35.2 Å². The van der Waals surface area contributed by atoms with Gasteiger partial charge in [0.15, 0.2) is 0 Å². The summed E-state index contributed by atoms with van der Waals surface area (Å²) in [5.74, 6) is 0.131. The number of methoxy groups -OCH3 is 1. The lowest BCUT2D eigenvalue weighted by Crippen LogP contribution is -2.27. The molecule has 0 fully saturated rings. The van der Waals surface area contributed by atoms with Crippen LogP contribution in [0.4, 0.5) is 5.69 Å². The summed E-state index contributed by atoms with van der Waals surface area (Å²) >= 11 is 0. The zero-order valence-electron chi connectivity index (χ0n) is 15.6. The minimum atomic E-state index is -3.79. The van der Waals surface area contributed by atoms with E-state index in [4.69, 9.17) is 9.47 Å². The summed E-state index contributed by atoms with van der Waals surface area (Å²) in [6, 6.07) is 9.54. The topological polar surface area (TPSA) is 72.9 Å². The van der Waals surface area contributed by atoms with Crippen LogP contribution in [0.5, 0.6) is 5.75 Å². The van der Waals surface area contributed by atoms with Gasteiger partial charge in [-0.3, -0.25) is 4.31 Å². The van der Waals surface area contributed by atoms with Crippen LogP contribution in [0.1, 0.15) is 28.4 Å². The fraction of sp³-hybridized carbons (Fsp3) is 0.316. The number of carbonyl (C=O) groups excluding carboxylic acids is 1. The predicted molar refractivity (Wildman–Crippen MR) is 100 cm³/mol. The second kappa shape index (κ2) is 7.78. The molecule has 0 unspecified atom stereocenters. The predicted octanol–water partition coefficient (Wildman–Crippen LogP) is 3.31. The number of aryl methyl sites for hydroxylation is 2. The van der Waals surface area contributed by atoms with Crippen LogP contribution < -0.4 is 9.04 Å². The first kappa shape index (κ1) is 19.8. The Morgan fingerprint density at radius 3 is 2.35 bits per heavy atom. The van der Waals surface area contributed by atoms with Gasteiger partial charge in [-0.1, -0.05) is 6.07 Å². The highest BCUT2D eigenvalue weighted by molar-refractivity contribution is 7.92. The molecule has 0 bridgehead atoms. The first-order valence-corrected chi connectivity index (χ1v) is 9.57. The molecule has 0 radical (unpaired) electrons. The Hall–Kier alpha value is -2.54. The normalized spacial score (nSPS) is 11.1. The molecular weight excluding hydrogens is 354 g/mol. The number of rotatable bonds is 6. The summed E-state index contributed by atoms with van der Waals surface area (Å²) in [5.41, 5.74) is 2.18. The van der Waals surface area contributed by atoms with Crippen molar-refractivity contribution in [2.75, 3.05) is 25.1 Å². The monoisotopic (exact) mass is 377 g/mol. The van der Waals surface area contributed by atoms with E-state index in [2.05, 4.69) is 0 Å². The number of hydrogen-bond donors (Lipinski definition) is 0. The van der Waals surface area contributed by atoms with Crippen LogP contribution >= 0.6 is 0 Å². The molecule has 0 aliphatic rings. The van der Waals surface area contributed by atoms with Gasteiger partial charge >= 0.3 is 5.97 Å². The second-order valence-electron chi connectivity index (χ2n) is 5.83. The van der Waals surface area contributed by atoms with Crippen LogP contribution in [0, 0.1) is 13.8 Å². The molecule has 0 heterocycles. The van der Waals surface area contributed by atoms with Gasteiger partial charge in [0.05, 0.1) is 29.9 Å². The van der Waals surface area contributed by atoms with Gasteiger partial charge in [0.2, 0.25) is 0 Å². The van der Waals surface area contributed by atoms with Crippen molar-refractivity contribution in [1.29, 1.82) is 0 Å². The number of nitrogens with zero attached hydrogens (tertiary/aromatic N) is 1. The molecule has 0 spiro atoms. The van der Waals surface area contributed by atoms with Crippen molar-refractivity contribution in [3.8, 4) is 5.75 Å². The smallest absolute Gasteiger partial charge is 0.338 e. The average molecular weight is 377 g/mol. The fourth-order valence-electron chi connectivity index (χ4n) is 2.59. The highest BCUT2D eigenvalue weighted by atomic mass is 32.2. The number of carbonyl (C=O) groups is 1. The van der Waals surface area contributed by atoms with Gasteiger partial charge in [-0.15, -0.1) is 0 Å². The molecule has 0 atom stereocenters. The summed E-state index contributed by atoms with van der Waals surface area (Å²) in [7, 11) is -0.792. The Kier molecular flexibility index (Phi) is 5.92. The number of ether oxygens (including phenoxy) is 2. The van der Waals surface area contributed by atoms with E-state index in [0.717, 1.165) is 11.1 Å². The summed E-state index contributed by atoms with van der Waals surface area (Å²) in [4.78, 5) is 12.1. The Bertz CT molecular complexity index is 922.